The van der Waals surface area contributed by atoms with Crippen LogP contribution in [-0.2, 0) is 4.79 Å². The summed E-state index contributed by atoms with van der Waals surface area (Å²) in [6.45, 7) is 1.77. The summed E-state index contributed by atoms with van der Waals surface area (Å²) < 4.78 is 5.52. The number of hydrogen-bond donors (Lipinski definition) is 3. The molecule has 0 saturated heterocycles. The fraction of sp³-hybridized carbons (Fsp3) is 0.100. The molecule has 0 spiro atoms. The Hall–Kier alpha value is -3.72. The summed E-state index contributed by atoms with van der Waals surface area (Å²) in [6.07, 6.45) is 1.65. The molecule has 6 heteroatoms. The van der Waals surface area contributed by atoms with Gasteiger partial charge in [-0.15, -0.1) is 0 Å². The van der Waals surface area contributed by atoms with Gasteiger partial charge in [0.2, 0.25) is 0 Å². The molecule has 0 unspecified atom stereocenters. The largest absolute Gasteiger partial charge is 0.483 e. The number of primary amides is 1. The van der Waals surface area contributed by atoms with Crippen molar-refractivity contribution >= 4 is 11.6 Å². The van der Waals surface area contributed by atoms with E-state index >= 15 is 0 Å². The van der Waals surface area contributed by atoms with E-state index in [9.17, 15) is 4.79 Å². The zero-order chi connectivity index (χ0) is 18.5. The molecule has 3 rings (SSSR count). The number of anilines is 1. The summed E-state index contributed by atoms with van der Waals surface area (Å²) in [7, 11) is 0. The van der Waals surface area contributed by atoms with E-state index in [1.807, 2.05) is 31.2 Å². The SMILES string of the molecule is Cc1ccc(OCC(N)=O)c(-c2[nH]ncc2C#Cc2ccc(N)cc2)c1. The number of carbonyl (C=O) groups is 1. The third-order valence-electron chi connectivity index (χ3n) is 3.67. The molecule has 0 aliphatic heterocycles. The number of nitrogen functional groups attached to an aromatic ring is 1. The number of rotatable bonds is 4. The van der Waals surface area contributed by atoms with E-state index in [0.717, 1.165) is 27.9 Å². The molecule has 1 aromatic heterocycles. The molecule has 1 amide bonds. The lowest BCUT2D eigenvalue weighted by molar-refractivity contribution is -0.119. The molecule has 0 fully saturated rings. The van der Waals surface area contributed by atoms with Gasteiger partial charge in [0.25, 0.3) is 5.91 Å². The minimum Gasteiger partial charge on any atom is -0.483 e. The van der Waals surface area contributed by atoms with Crippen molar-refractivity contribution in [3.8, 4) is 28.8 Å². The number of amides is 1. The molecular weight excluding hydrogens is 328 g/mol. The first-order chi connectivity index (χ1) is 12.5. The van der Waals surface area contributed by atoms with Gasteiger partial charge in [0.05, 0.1) is 17.5 Å². The topological polar surface area (TPSA) is 107 Å². The second-order valence-electron chi connectivity index (χ2n) is 5.79. The number of benzene rings is 2. The fourth-order valence-electron chi connectivity index (χ4n) is 2.41. The van der Waals surface area contributed by atoms with E-state index in [-0.39, 0.29) is 6.61 Å². The Labute approximate surface area is 151 Å². The van der Waals surface area contributed by atoms with Gasteiger partial charge in [-0.1, -0.05) is 23.5 Å². The summed E-state index contributed by atoms with van der Waals surface area (Å²) in [6, 6.07) is 13.0. The van der Waals surface area contributed by atoms with Crippen molar-refractivity contribution in [3.63, 3.8) is 0 Å². The third kappa shape index (κ3) is 4.02. The quantitative estimate of drug-likeness (QED) is 0.497. The van der Waals surface area contributed by atoms with Crippen molar-refractivity contribution in [2.45, 2.75) is 6.92 Å². The lowest BCUT2D eigenvalue weighted by Gasteiger charge is -2.10. The van der Waals surface area contributed by atoms with E-state index < -0.39 is 5.91 Å². The van der Waals surface area contributed by atoms with Crippen molar-refractivity contribution in [1.29, 1.82) is 0 Å². The molecule has 0 bridgehead atoms. The monoisotopic (exact) mass is 346 g/mol. The van der Waals surface area contributed by atoms with Crippen molar-refractivity contribution < 1.29 is 9.53 Å². The molecule has 130 valence electrons. The number of ether oxygens (including phenoxy) is 1. The van der Waals surface area contributed by atoms with Crippen LogP contribution in [0, 0.1) is 18.8 Å². The molecule has 6 nitrogen and oxygen atoms in total. The van der Waals surface area contributed by atoms with Crippen LogP contribution in [0.3, 0.4) is 0 Å². The van der Waals surface area contributed by atoms with Gasteiger partial charge in [-0.3, -0.25) is 9.89 Å². The van der Waals surface area contributed by atoms with Crippen LogP contribution in [0.1, 0.15) is 16.7 Å². The maximum absolute atomic E-state index is 11.0. The number of aromatic amines is 1. The summed E-state index contributed by atoms with van der Waals surface area (Å²) in [4.78, 5) is 11.0. The highest BCUT2D eigenvalue weighted by Crippen LogP contribution is 2.31. The molecule has 3 aromatic rings. The molecular formula is C20H18N4O2. The third-order valence-corrected chi connectivity index (χ3v) is 3.67. The Kier molecular flexibility index (Phi) is 4.90. The van der Waals surface area contributed by atoms with Crippen LogP contribution >= 0.6 is 0 Å². The molecule has 26 heavy (non-hydrogen) atoms. The maximum Gasteiger partial charge on any atom is 0.255 e. The van der Waals surface area contributed by atoms with E-state index in [1.165, 1.54) is 0 Å². The lowest BCUT2D eigenvalue weighted by Crippen LogP contribution is -2.20. The van der Waals surface area contributed by atoms with Gasteiger partial charge >= 0.3 is 0 Å². The highest BCUT2D eigenvalue weighted by Gasteiger charge is 2.13. The van der Waals surface area contributed by atoms with Crippen LogP contribution in [0.25, 0.3) is 11.3 Å². The number of aromatic nitrogens is 2. The van der Waals surface area contributed by atoms with Crippen LogP contribution in [-0.4, -0.2) is 22.7 Å². The minimum atomic E-state index is -0.537. The summed E-state index contributed by atoms with van der Waals surface area (Å²) in [5.74, 6) is 6.19. The number of nitrogens with zero attached hydrogens (tertiary/aromatic N) is 1. The minimum absolute atomic E-state index is 0.198. The van der Waals surface area contributed by atoms with E-state index in [2.05, 4.69) is 22.0 Å². The number of H-pyrrole nitrogens is 1. The van der Waals surface area contributed by atoms with Crippen LogP contribution in [0.15, 0.2) is 48.7 Å². The Morgan fingerprint density at radius 3 is 2.69 bits per heavy atom. The summed E-state index contributed by atoms with van der Waals surface area (Å²) in [5.41, 5.74) is 15.6. The predicted molar refractivity (Wildman–Crippen MR) is 100 cm³/mol. The van der Waals surface area contributed by atoms with Gasteiger partial charge in [0, 0.05) is 16.8 Å². The zero-order valence-corrected chi connectivity index (χ0v) is 14.2. The molecule has 5 N–H and O–H groups in total. The van der Waals surface area contributed by atoms with Gasteiger partial charge in [-0.05, 0) is 43.3 Å². The first-order valence-corrected chi connectivity index (χ1v) is 7.96. The molecule has 0 aliphatic rings. The molecule has 0 saturated carbocycles. The Morgan fingerprint density at radius 1 is 1.19 bits per heavy atom. The van der Waals surface area contributed by atoms with Gasteiger partial charge < -0.3 is 16.2 Å². The highest BCUT2D eigenvalue weighted by molar-refractivity contribution is 5.77. The van der Waals surface area contributed by atoms with Gasteiger partial charge in [-0.25, -0.2) is 0 Å². The van der Waals surface area contributed by atoms with Crippen LogP contribution in [0.4, 0.5) is 5.69 Å². The Morgan fingerprint density at radius 2 is 1.96 bits per heavy atom. The molecule has 0 aliphatic carbocycles. The van der Waals surface area contributed by atoms with Crippen LogP contribution in [0.5, 0.6) is 5.75 Å². The predicted octanol–water partition coefficient (Wildman–Crippen LogP) is 2.23. The number of aryl methyl sites for hydroxylation is 1. The molecule has 1 heterocycles. The highest BCUT2D eigenvalue weighted by atomic mass is 16.5. The van der Waals surface area contributed by atoms with Gasteiger partial charge in [-0.2, -0.15) is 5.10 Å². The smallest absolute Gasteiger partial charge is 0.255 e. The molecule has 0 atom stereocenters. The number of carbonyl (C=O) groups excluding carboxylic acids is 1. The molecule has 2 aromatic carbocycles. The first kappa shape index (κ1) is 17.1. The van der Waals surface area contributed by atoms with Crippen LogP contribution in [0.2, 0.25) is 0 Å². The molecule has 0 radical (unpaired) electrons. The van der Waals surface area contributed by atoms with Crippen molar-refractivity contribution in [3.05, 3.63) is 65.4 Å². The van der Waals surface area contributed by atoms with E-state index in [0.29, 0.717) is 11.4 Å². The fourth-order valence-corrected chi connectivity index (χ4v) is 2.41. The maximum atomic E-state index is 11.0. The number of nitrogens with two attached hydrogens (primary N) is 2. The van der Waals surface area contributed by atoms with Crippen LogP contribution < -0.4 is 16.2 Å². The van der Waals surface area contributed by atoms with E-state index in [4.69, 9.17) is 16.2 Å². The Balaban J connectivity index is 1.97. The standard InChI is InChI=1S/C20H18N4O2/c1-13-2-9-18(26-12-19(22)25)17(10-13)20-15(11-23-24-20)6-3-14-4-7-16(21)8-5-14/h2,4-5,7-11H,12,21H2,1H3,(H2,22,25)(H,23,24). The normalized spacial score (nSPS) is 10.0. The van der Waals surface area contributed by atoms with Gasteiger partial charge in [0.1, 0.15) is 5.75 Å². The second-order valence-corrected chi connectivity index (χ2v) is 5.79. The first-order valence-electron chi connectivity index (χ1n) is 7.96. The number of nitrogens with one attached hydrogen (secondary N) is 1. The Bertz CT molecular complexity index is 995. The van der Waals surface area contributed by atoms with Crippen molar-refractivity contribution in [1.82, 2.24) is 10.2 Å². The average molecular weight is 346 g/mol. The van der Waals surface area contributed by atoms with Crippen molar-refractivity contribution in [2.24, 2.45) is 5.73 Å². The van der Waals surface area contributed by atoms with Gasteiger partial charge in [0.15, 0.2) is 6.61 Å². The lowest BCUT2D eigenvalue weighted by atomic mass is 10.0. The summed E-state index contributed by atoms with van der Waals surface area (Å²) in [5, 5.41) is 7.05. The van der Waals surface area contributed by atoms with Crippen molar-refractivity contribution in [2.75, 3.05) is 12.3 Å². The zero-order valence-electron chi connectivity index (χ0n) is 14.2. The average Bonchev–Trinajstić information content (AvgIpc) is 3.08. The second kappa shape index (κ2) is 7.45. The van der Waals surface area contributed by atoms with E-state index in [1.54, 1.807) is 24.4 Å². The summed E-state index contributed by atoms with van der Waals surface area (Å²) >= 11 is 0. The number of hydrogen-bond acceptors (Lipinski definition) is 4.